The number of carbonyl (C=O) groups is 1. The Bertz CT molecular complexity index is 608. The number of carbonyl (C=O) groups excluding carboxylic acids is 1. The van der Waals surface area contributed by atoms with E-state index in [-0.39, 0.29) is 12.0 Å². The Kier molecular flexibility index (Phi) is 5.72. The average Bonchev–Trinajstić information content (AvgIpc) is 2.87. The van der Waals surface area contributed by atoms with Crippen molar-refractivity contribution < 1.29 is 9.53 Å². The molecule has 22 heavy (non-hydrogen) atoms. The van der Waals surface area contributed by atoms with E-state index in [2.05, 4.69) is 22.5 Å². The molecule has 1 unspecified atom stereocenters. The van der Waals surface area contributed by atoms with Gasteiger partial charge < -0.3 is 10.1 Å². The number of hydrogen-bond donors (Lipinski definition) is 1. The first-order valence-corrected chi connectivity index (χ1v) is 7.53. The zero-order valence-electron chi connectivity index (χ0n) is 13.4. The molecule has 2 aromatic rings. The molecule has 0 aliphatic heterocycles. The van der Waals surface area contributed by atoms with Crippen LogP contribution >= 0.6 is 0 Å². The molecular formula is C17H23N3O2. The van der Waals surface area contributed by atoms with Gasteiger partial charge in [-0.2, -0.15) is 5.10 Å². The number of rotatable bonds is 7. The van der Waals surface area contributed by atoms with E-state index in [0.29, 0.717) is 18.7 Å². The number of nitrogens with one attached hydrogen (secondary N) is 1. The van der Waals surface area contributed by atoms with E-state index in [9.17, 15) is 4.79 Å². The van der Waals surface area contributed by atoms with Gasteiger partial charge in [0, 0.05) is 25.9 Å². The number of nitrogens with zero attached hydrogens (tertiary/aromatic N) is 2. The van der Waals surface area contributed by atoms with Gasteiger partial charge in [-0.15, -0.1) is 0 Å². The van der Waals surface area contributed by atoms with Gasteiger partial charge in [-0.05, 0) is 25.8 Å². The van der Waals surface area contributed by atoms with E-state index >= 15 is 0 Å². The quantitative estimate of drug-likeness (QED) is 0.800. The first-order valence-electron chi connectivity index (χ1n) is 7.53. The summed E-state index contributed by atoms with van der Waals surface area (Å²) >= 11 is 0. The van der Waals surface area contributed by atoms with Crippen LogP contribution in [0.2, 0.25) is 0 Å². The first kappa shape index (κ1) is 16.2. The maximum Gasteiger partial charge on any atom is 0.254 e. The molecule has 0 saturated heterocycles. The van der Waals surface area contributed by atoms with Crippen LogP contribution in [-0.2, 0) is 11.8 Å². The molecule has 0 saturated carbocycles. The van der Waals surface area contributed by atoms with Gasteiger partial charge in [-0.3, -0.25) is 9.48 Å². The molecule has 1 N–H and O–H groups in total. The Balaban J connectivity index is 1.67. The highest BCUT2D eigenvalue weighted by Gasteiger charge is 2.12. The monoisotopic (exact) mass is 301 g/mol. The fourth-order valence-electron chi connectivity index (χ4n) is 2.17. The van der Waals surface area contributed by atoms with Gasteiger partial charge in [-0.1, -0.05) is 30.3 Å². The summed E-state index contributed by atoms with van der Waals surface area (Å²) in [7, 11) is 1.82. The van der Waals surface area contributed by atoms with Crippen molar-refractivity contribution in [2.75, 3.05) is 13.2 Å². The van der Waals surface area contributed by atoms with Gasteiger partial charge >= 0.3 is 0 Å². The van der Waals surface area contributed by atoms with Crippen LogP contribution in [0.15, 0.2) is 36.5 Å². The molecule has 1 aromatic heterocycles. The van der Waals surface area contributed by atoms with Crippen LogP contribution in [0, 0.1) is 6.92 Å². The van der Waals surface area contributed by atoms with E-state index in [4.69, 9.17) is 4.74 Å². The Hall–Kier alpha value is -2.14. The van der Waals surface area contributed by atoms with E-state index in [1.807, 2.05) is 39.1 Å². The molecule has 1 aromatic carbocycles. The molecule has 0 aliphatic rings. The lowest BCUT2D eigenvalue weighted by Gasteiger charge is -2.13. The molecule has 2 rings (SSSR count). The van der Waals surface area contributed by atoms with Gasteiger partial charge in [0.05, 0.1) is 17.9 Å². The smallest absolute Gasteiger partial charge is 0.254 e. The fourth-order valence-corrected chi connectivity index (χ4v) is 2.17. The van der Waals surface area contributed by atoms with Gasteiger partial charge in [0.25, 0.3) is 5.91 Å². The SMILES string of the molecule is Cc1c(C(=O)NCCCOC(C)c2ccccc2)cnn1C. The minimum absolute atomic E-state index is 0.0671. The van der Waals surface area contributed by atoms with Crippen molar-refractivity contribution >= 4 is 5.91 Å². The van der Waals surface area contributed by atoms with Gasteiger partial charge in [0.15, 0.2) is 0 Å². The second-order valence-electron chi connectivity index (χ2n) is 5.30. The third-order valence-corrected chi connectivity index (χ3v) is 3.72. The Morgan fingerprint density at radius 2 is 2.09 bits per heavy atom. The van der Waals surface area contributed by atoms with Crippen molar-refractivity contribution in [2.45, 2.75) is 26.4 Å². The minimum atomic E-state index is -0.0818. The molecule has 0 bridgehead atoms. The molecule has 118 valence electrons. The number of ether oxygens (including phenoxy) is 1. The molecule has 5 heteroatoms. The molecule has 0 radical (unpaired) electrons. The van der Waals surface area contributed by atoms with Crippen molar-refractivity contribution in [2.24, 2.45) is 7.05 Å². The molecule has 1 atom stereocenters. The number of benzene rings is 1. The largest absolute Gasteiger partial charge is 0.374 e. The topological polar surface area (TPSA) is 56.1 Å². The van der Waals surface area contributed by atoms with Crippen molar-refractivity contribution in [1.29, 1.82) is 0 Å². The van der Waals surface area contributed by atoms with Crippen LogP contribution < -0.4 is 5.32 Å². The van der Waals surface area contributed by atoms with E-state index in [1.165, 1.54) is 0 Å². The van der Waals surface area contributed by atoms with E-state index in [1.54, 1.807) is 10.9 Å². The summed E-state index contributed by atoms with van der Waals surface area (Å²) in [5.74, 6) is -0.0818. The predicted octanol–water partition coefficient (Wildman–Crippen LogP) is 2.63. The lowest BCUT2D eigenvalue weighted by Crippen LogP contribution is -2.25. The zero-order valence-corrected chi connectivity index (χ0v) is 13.4. The molecule has 0 spiro atoms. The van der Waals surface area contributed by atoms with E-state index in [0.717, 1.165) is 17.7 Å². The second kappa shape index (κ2) is 7.75. The highest BCUT2D eigenvalue weighted by Crippen LogP contribution is 2.15. The summed E-state index contributed by atoms with van der Waals surface area (Å²) in [6.07, 6.45) is 2.44. The number of aromatic nitrogens is 2. The van der Waals surface area contributed by atoms with Crippen molar-refractivity contribution in [3.05, 3.63) is 53.3 Å². The minimum Gasteiger partial charge on any atom is -0.374 e. The maximum absolute atomic E-state index is 12.0. The van der Waals surface area contributed by atoms with Crippen molar-refractivity contribution in [3.8, 4) is 0 Å². The Morgan fingerprint density at radius 3 is 2.73 bits per heavy atom. The maximum atomic E-state index is 12.0. The summed E-state index contributed by atoms with van der Waals surface area (Å²) in [6, 6.07) is 10.1. The lowest BCUT2D eigenvalue weighted by atomic mass is 10.1. The Morgan fingerprint density at radius 1 is 1.36 bits per heavy atom. The van der Waals surface area contributed by atoms with Crippen LogP contribution in [-0.4, -0.2) is 28.8 Å². The fraction of sp³-hybridized carbons (Fsp3) is 0.412. The van der Waals surface area contributed by atoms with Gasteiger partial charge in [0.2, 0.25) is 0 Å². The van der Waals surface area contributed by atoms with Crippen LogP contribution in [0.3, 0.4) is 0 Å². The first-order chi connectivity index (χ1) is 10.6. The standard InChI is InChI=1S/C17H23N3O2/c1-13-16(12-19-20(13)3)17(21)18-10-7-11-22-14(2)15-8-5-4-6-9-15/h4-6,8-9,12,14H,7,10-11H2,1-3H3,(H,18,21). The molecule has 1 amide bonds. The van der Waals surface area contributed by atoms with Gasteiger partial charge in [0.1, 0.15) is 0 Å². The normalized spacial score (nSPS) is 12.1. The molecule has 1 heterocycles. The Labute approximate surface area is 131 Å². The van der Waals surface area contributed by atoms with Crippen LogP contribution in [0.1, 0.15) is 41.1 Å². The second-order valence-corrected chi connectivity index (χ2v) is 5.30. The number of hydrogen-bond acceptors (Lipinski definition) is 3. The summed E-state index contributed by atoms with van der Waals surface area (Å²) in [4.78, 5) is 12.0. The van der Waals surface area contributed by atoms with Crippen LogP contribution in [0.25, 0.3) is 0 Å². The summed E-state index contributed by atoms with van der Waals surface area (Å²) < 4.78 is 7.47. The third-order valence-electron chi connectivity index (χ3n) is 3.72. The molecule has 0 fully saturated rings. The van der Waals surface area contributed by atoms with Gasteiger partial charge in [-0.25, -0.2) is 0 Å². The van der Waals surface area contributed by atoms with Crippen LogP contribution in [0.4, 0.5) is 0 Å². The summed E-state index contributed by atoms with van der Waals surface area (Å²) in [5, 5.41) is 6.96. The summed E-state index contributed by atoms with van der Waals surface area (Å²) in [5.41, 5.74) is 2.66. The average molecular weight is 301 g/mol. The lowest BCUT2D eigenvalue weighted by molar-refractivity contribution is 0.0635. The van der Waals surface area contributed by atoms with Crippen LogP contribution in [0.5, 0.6) is 0 Å². The van der Waals surface area contributed by atoms with E-state index < -0.39 is 0 Å². The molecule has 5 nitrogen and oxygen atoms in total. The summed E-state index contributed by atoms with van der Waals surface area (Å²) in [6.45, 7) is 5.12. The highest BCUT2D eigenvalue weighted by atomic mass is 16.5. The highest BCUT2D eigenvalue weighted by molar-refractivity contribution is 5.94. The zero-order chi connectivity index (χ0) is 15.9. The third kappa shape index (κ3) is 4.18. The molecule has 0 aliphatic carbocycles. The van der Waals surface area contributed by atoms with Crippen molar-refractivity contribution in [3.63, 3.8) is 0 Å². The number of amides is 1. The predicted molar refractivity (Wildman–Crippen MR) is 85.7 cm³/mol. The number of aryl methyl sites for hydroxylation is 1. The molecular weight excluding hydrogens is 278 g/mol. The van der Waals surface area contributed by atoms with Crippen molar-refractivity contribution in [1.82, 2.24) is 15.1 Å².